The van der Waals surface area contributed by atoms with Crippen LogP contribution in [0.1, 0.15) is 39.8 Å². The number of ether oxygens (including phenoxy) is 1. The second-order valence-corrected chi connectivity index (χ2v) is 13.1. The van der Waals surface area contributed by atoms with Gasteiger partial charge in [0, 0.05) is 51.6 Å². The summed E-state index contributed by atoms with van der Waals surface area (Å²) in [7, 11) is 0. The molecule has 8 rings (SSSR count). The van der Waals surface area contributed by atoms with E-state index in [2.05, 4.69) is 65.3 Å². The number of pyridine rings is 1. The van der Waals surface area contributed by atoms with Crippen LogP contribution in [0.15, 0.2) is 109 Å². The van der Waals surface area contributed by atoms with E-state index in [1.54, 1.807) is 0 Å². The highest BCUT2D eigenvalue weighted by Gasteiger charge is 2.57. The van der Waals surface area contributed by atoms with Crippen LogP contribution >= 0.6 is 46.4 Å². The molecule has 0 aliphatic carbocycles. The van der Waals surface area contributed by atoms with Crippen molar-refractivity contribution >= 4 is 68.8 Å². The van der Waals surface area contributed by atoms with Gasteiger partial charge in [-0.2, -0.15) is 0 Å². The van der Waals surface area contributed by atoms with E-state index in [4.69, 9.17) is 51.1 Å². The number of hydrogen-bond donors (Lipinski definition) is 0. The van der Waals surface area contributed by atoms with Crippen LogP contribution in [0.3, 0.4) is 0 Å². The molecule has 0 radical (unpaired) electrons. The van der Waals surface area contributed by atoms with Gasteiger partial charge in [0.1, 0.15) is 0 Å². The summed E-state index contributed by atoms with van der Waals surface area (Å²) in [6.07, 6.45) is 2.00. The monoisotopic (exact) mass is 694 g/mol. The average Bonchev–Trinajstić information content (AvgIpc) is 3.71. The molecule has 1 aliphatic heterocycles. The lowest BCUT2D eigenvalue weighted by atomic mass is 9.78. The van der Waals surface area contributed by atoms with Crippen molar-refractivity contribution in [3.8, 4) is 22.3 Å². The number of cyclic esters (lactones) is 1. The number of aryl methyl sites for hydroxylation is 1. The van der Waals surface area contributed by atoms with Gasteiger partial charge in [0.2, 0.25) is 5.60 Å². The average molecular weight is 696 g/mol. The van der Waals surface area contributed by atoms with Crippen molar-refractivity contribution in [2.24, 2.45) is 0 Å². The summed E-state index contributed by atoms with van der Waals surface area (Å²) in [5.41, 5.74) is 6.99. The standard InChI is InChI=1S/C39H26Cl4N2O2/c1-3-44-22(2)31(25-18-10-11-19-26(25)44)39(32-30(38(46)47-39)33(40)35(42)36(43)34(32)41)37-29(24-16-8-5-9-17-24)28(23-14-6-4-7-15-23)27-20-12-13-21-45(27)37/h4-21H,3H2,1-2H3. The van der Waals surface area contributed by atoms with Crippen LogP contribution in [0, 0.1) is 6.92 Å². The fourth-order valence-corrected chi connectivity index (χ4v) is 8.54. The predicted molar refractivity (Wildman–Crippen MR) is 192 cm³/mol. The van der Waals surface area contributed by atoms with Gasteiger partial charge < -0.3 is 13.7 Å². The number of aromatic nitrogens is 2. The van der Waals surface area contributed by atoms with E-state index in [0.29, 0.717) is 17.8 Å². The topological polar surface area (TPSA) is 35.6 Å². The van der Waals surface area contributed by atoms with Crippen LogP contribution in [0.25, 0.3) is 38.7 Å². The Hall–Kier alpha value is -4.19. The van der Waals surface area contributed by atoms with Gasteiger partial charge in [0.15, 0.2) is 0 Å². The maximum atomic E-state index is 14.4. The van der Waals surface area contributed by atoms with Gasteiger partial charge >= 0.3 is 5.97 Å². The highest BCUT2D eigenvalue weighted by molar-refractivity contribution is 6.53. The van der Waals surface area contributed by atoms with Crippen molar-refractivity contribution in [1.29, 1.82) is 0 Å². The molecular weight excluding hydrogens is 670 g/mol. The minimum absolute atomic E-state index is 0.00484. The first-order valence-electron chi connectivity index (χ1n) is 15.2. The van der Waals surface area contributed by atoms with Gasteiger partial charge in [-0.05, 0) is 43.2 Å². The lowest BCUT2D eigenvalue weighted by Gasteiger charge is -2.33. The molecule has 232 valence electrons. The maximum Gasteiger partial charge on any atom is 0.341 e. The molecule has 1 atom stereocenters. The van der Waals surface area contributed by atoms with Gasteiger partial charge in [-0.15, -0.1) is 0 Å². The molecule has 7 aromatic rings. The molecule has 0 amide bonds. The summed E-state index contributed by atoms with van der Waals surface area (Å²) < 4.78 is 11.2. The molecule has 0 fully saturated rings. The van der Waals surface area contributed by atoms with Crippen LogP contribution in [0.4, 0.5) is 0 Å². The van der Waals surface area contributed by atoms with Gasteiger partial charge in [0.25, 0.3) is 0 Å². The Labute approximate surface area is 291 Å². The second-order valence-electron chi connectivity index (χ2n) is 11.6. The predicted octanol–water partition coefficient (Wildman–Crippen LogP) is 11.6. The number of para-hydroxylation sites is 1. The Morgan fingerprint density at radius 2 is 1.21 bits per heavy atom. The third-order valence-corrected chi connectivity index (χ3v) is 11.1. The van der Waals surface area contributed by atoms with Crippen LogP contribution < -0.4 is 0 Å². The van der Waals surface area contributed by atoms with Crippen molar-refractivity contribution in [2.75, 3.05) is 0 Å². The number of carbonyl (C=O) groups excluding carboxylic acids is 1. The zero-order chi connectivity index (χ0) is 32.6. The first-order valence-corrected chi connectivity index (χ1v) is 16.7. The van der Waals surface area contributed by atoms with E-state index in [-0.39, 0.29) is 25.7 Å². The number of carbonyl (C=O) groups is 1. The van der Waals surface area contributed by atoms with Gasteiger partial charge in [-0.25, -0.2) is 4.79 Å². The van der Waals surface area contributed by atoms with Crippen LogP contribution in [-0.4, -0.2) is 14.9 Å². The minimum atomic E-state index is -1.60. The molecule has 0 spiro atoms. The Bertz CT molecular complexity index is 2400. The van der Waals surface area contributed by atoms with Gasteiger partial charge in [-0.3, -0.25) is 0 Å². The highest BCUT2D eigenvalue weighted by Crippen LogP contribution is 2.60. The summed E-state index contributed by atoms with van der Waals surface area (Å²) in [5, 5.41) is 1.09. The molecule has 3 aromatic heterocycles. The van der Waals surface area contributed by atoms with Crippen molar-refractivity contribution in [1.82, 2.24) is 8.97 Å². The molecule has 0 saturated carbocycles. The zero-order valence-corrected chi connectivity index (χ0v) is 28.3. The number of nitrogens with zero attached hydrogens (tertiary/aromatic N) is 2. The summed E-state index contributed by atoms with van der Waals surface area (Å²) in [4.78, 5) is 14.4. The lowest BCUT2D eigenvalue weighted by molar-refractivity contribution is 0.0241. The molecule has 4 aromatic carbocycles. The molecule has 4 heterocycles. The zero-order valence-electron chi connectivity index (χ0n) is 25.3. The third kappa shape index (κ3) is 4.12. The number of halogens is 4. The third-order valence-electron chi connectivity index (χ3n) is 9.27. The van der Waals surface area contributed by atoms with E-state index < -0.39 is 11.6 Å². The summed E-state index contributed by atoms with van der Waals surface area (Å²) in [5.74, 6) is -0.635. The van der Waals surface area contributed by atoms with Crippen LogP contribution in [0.2, 0.25) is 20.1 Å². The van der Waals surface area contributed by atoms with Crippen molar-refractivity contribution in [2.45, 2.75) is 26.0 Å². The van der Waals surface area contributed by atoms with Crippen molar-refractivity contribution < 1.29 is 9.53 Å². The molecule has 1 unspecified atom stereocenters. The molecular formula is C39H26Cl4N2O2. The fourth-order valence-electron chi connectivity index (χ4n) is 7.48. The minimum Gasteiger partial charge on any atom is -0.439 e. The molecule has 47 heavy (non-hydrogen) atoms. The number of fused-ring (bicyclic) bond motifs is 3. The number of hydrogen-bond acceptors (Lipinski definition) is 2. The number of esters is 1. The van der Waals surface area contributed by atoms with E-state index in [0.717, 1.165) is 49.9 Å². The quantitative estimate of drug-likeness (QED) is 0.102. The number of benzene rings is 4. The second kappa shape index (κ2) is 11.2. The van der Waals surface area contributed by atoms with Gasteiger partial charge in [-0.1, -0.05) is 131 Å². The number of rotatable bonds is 5. The Balaban J connectivity index is 1.69. The SMILES string of the molecule is CCn1c(C)c(C2(c3c(-c4ccccc4)c(-c4ccccc4)c4ccccn34)OC(=O)c3c(Cl)c(Cl)c(Cl)c(Cl)c32)c2ccccc21. The fraction of sp³-hybridized carbons (Fsp3) is 0.103. The Kier molecular flexibility index (Phi) is 7.19. The molecule has 0 N–H and O–H groups in total. The van der Waals surface area contributed by atoms with E-state index >= 15 is 0 Å². The molecule has 0 saturated heterocycles. The normalized spacial score (nSPS) is 15.8. The highest BCUT2D eigenvalue weighted by atomic mass is 35.5. The molecule has 1 aliphatic rings. The van der Waals surface area contributed by atoms with Crippen LogP contribution in [-0.2, 0) is 16.9 Å². The molecule has 0 bridgehead atoms. The Morgan fingerprint density at radius 3 is 1.89 bits per heavy atom. The molecule has 4 nitrogen and oxygen atoms in total. The maximum absolute atomic E-state index is 14.4. The first-order chi connectivity index (χ1) is 22.8. The summed E-state index contributed by atoms with van der Waals surface area (Å²) in [6.45, 7) is 4.84. The van der Waals surface area contributed by atoms with Crippen LogP contribution in [0.5, 0.6) is 0 Å². The largest absolute Gasteiger partial charge is 0.439 e. The molecule has 8 heteroatoms. The van der Waals surface area contributed by atoms with E-state index in [1.807, 2.05) is 66.9 Å². The van der Waals surface area contributed by atoms with E-state index in [9.17, 15) is 4.79 Å². The summed E-state index contributed by atoms with van der Waals surface area (Å²) in [6, 6.07) is 34.6. The van der Waals surface area contributed by atoms with Crippen molar-refractivity contribution in [3.05, 3.63) is 157 Å². The van der Waals surface area contributed by atoms with Crippen molar-refractivity contribution in [3.63, 3.8) is 0 Å². The van der Waals surface area contributed by atoms with E-state index in [1.165, 1.54) is 0 Å². The first kappa shape index (κ1) is 30.2. The Morgan fingerprint density at radius 1 is 0.638 bits per heavy atom. The van der Waals surface area contributed by atoms with Gasteiger partial charge in [0.05, 0.1) is 36.9 Å². The summed E-state index contributed by atoms with van der Waals surface area (Å²) >= 11 is 27.6. The lowest BCUT2D eigenvalue weighted by Crippen LogP contribution is -2.33. The smallest absolute Gasteiger partial charge is 0.341 e.